The van der Waals surface area contributed by atoms with Crippen molar-refractivity contribution >= 4 is 40.2 Å². The van der Waals surface area contributed by atoms with Gasteiger partial charge in [-0.1, -0.05) is 17.7 Å². The maximum Gasteiger partial charge on any atom is 0.276 e. The smallest absolute Gasteiger partial charge is 0.276 e. The van der Waals surface area contributed by atoms with Crippen molar-refractivity contribution < 1.29 is 38.4 Å². The number of hydrogen-bond donors (Lipinski definition) is 4. The third kappa shape index (κ3) is 3.98. The fourth-order valence-corrected chi connectivity index (χ4v) is 3.17. The largest absolute Gasteiger partial charge is 1.00 e. The number of nitrogens with one attached hydrogen (secondary N) is 1. The second kappa shape index (κ2) is 8.88. The maximum absolute atomic E-state index is 12.5. The zero-order valence-electron chi connectivity index (χ0n) is 15.4. The number of fused-ring (bicyclic) bond motifs is 1. The third-order valence-corrected chi connectivity index (χ3v) is 4.69. The third-order valence-electron chi connectivity index (χ3n) is 4.42. The van der Waals surface area contributed by atoms with E-state index < -0.39 is 5.91 Å². The van der Waals surface area contributed by atoms with Crippen LogP contribution in [0, 0.1) is 0 Å². The predicted molar refractivity (Wildman–Crippen MR) is 102 cm³/mol. The number of hydrogen-bond acceptors (Lipinski definition) is 6. The molecule has 2 heterocycles. The van der Waals surface area contributed by atoms with Gasteiger partial charge in [-0.3, -0.25) is 4.79 Å². The SMILES string of the molecule is CCn1c(CNC(=O)c2nc(Cl)c(N)nc2N)[n+](C)c2ccc(CO)cc21.[I-]. The van der Waals surface area contributed by atoms with Crippen LogP contribution in [0.3, 0.4) is 0 Å². The average molecular weight is 518 g/mol. The monoisotopic (exact) mass is 517 g/mol. The number of carbonyl (C=O) groups excluding carboxylic acids is 1. The zero-order valence-corrected chi connectivity index (χ0v) is 18.3. The van der Waals surface area contributed by atoms with Crippen LogP contribution in [0.1, 0.15) is 28.8 Å². The van der Waals surface area contributed by atoms with Gasteiger partial charge in [0.05, 0.1) is 20.2 Å². The van der Waals surface area contributed by atoms with Crippen LogP contribution in [0.15, 0.2) is 18.2 Å². The molecule has 1 aromatic carbocycles. The van der Waals surface area contributed by atoms with Crippen LogP contribution in [-0.2, 0) is 26.7 Å². The zero-order chi connectivity index (χ0) is 19.7. The van der Waals surface area contributed by atoms with Gasteiger partial charge >= 0.3 is 0 Å². The van der Waals surface area contributed by atoms with E-state index in [1.807, 2.05) is 36.7 Å². The van der Waals surface area contributed by atoms with Crippen molar-refractivity contribution in [3.05, 3.63) is 40.4 Å². The molecule has 0 aliphatic carbocycles. The molecule has 0 aliphatic rings. The average Bonchev–Trinajstić information content (AvgIpc) is 2.93. The van der Waals surface area contributed by atoms with E-state index in [4.69, 9.17) is 23.1 Å². The van der Waals surface area contributed by atoms with Gasteiger partial charge in [-0.15, -0.1) is 0 Å². The first-order valence-electron chi connectivity index (χ1n) is 8.34. The van der Waals surface area contributed by atoms with Crippen molar-refractivity contribution in [2.75, 3.05) is 11.5 Å². The van der Waals surface area contributed by atoms with Gasteiger partial charge in [-0.05, 0) is 24.6 Å². The van der Waals surface area contributed by atoms with Gasteiger partial charge in [-0.2, -0.15) is 0 Å². The number of rotatable bonds is 5. The van der Waals surface area contributed by atoms with Gasteiger partial charge in [0, 0.05) is 0 Å². The van der Waals surface area contributed by atoms with E-state index in [0.717, 1.165) is 22.4 Å². The normalized spacial score (nSPS) is 10.7. The number of benzene rings is 1. The summed E-state index contributed by atoms with van der Waals surface area (Å²) < 4.78 is 4.06. The molecule has 2 aromatic heterocycles. The number of halogens is 2. The van der Waals surface area contributed by atoms with Crippen LogP contribution in [0.5, 0.6) is 0 Å². The molecule has 1 amide bonds. The summed E-state index contributed by atoms with van der Waals surface area (Å²) in [4.78, 5) is 20.2. The minimum atomic E-state index is -0.495. The van der Waals surface area contributed by atoms with E-state index in [9.17, 15) is 9.90 Å². The van der Waals surface area contributed by atoms with E-state index in [-0.39, 0.29) is 59.6 Å². The minimum Gasteiger partial charge on any atom is -1.00 e. The van der Waals surface area contributed by atoms with Gasteiger partial charge in [0.1, 0.15) is 6.54 Å². The molecular formula is C17H21ClIN7O2. The van der Waals surface area contributed by atoms with Crippen molar-refractivity contribution in [3.63, 3.8) is 0 Å². The molecule has 28 heavy (non-hydrogen) atoms. The summed E-state index contributed by atoms with van der Waals surface area (Å²) in [6.45, 7) is 2.93. The van der Waals surface area contributed by atoms with Crippen LogP contribution in [0.4, 0.5) is 11.6 Å². The number of carbonyl (C=O) groups is 1. The molecule has 0 saturated carbocycles. The number of anilines is 2. The van der Waals surface area contributed by atoms with Crippen molar-refractivity contribution in [1.29, 1.82) is 0 Å². The summed E-state index contributed by atoms with van der Waals surface area (Å²) in [7, 11) is 1.92. The number of nitrogens with two attached hydrogens (primary N) is 2. The van der Waals surface area contributed by atoms with Crippen LogP contribution >= 0.6 is 11.6 Å². The van der Waals surface area contributed by atoms with E-state index in [1.165, 1.54) is 0 Å². The highest BCUT2D eigenvalue weighted by Gasteiger charge is 2.23. The molecule has 0 saturated heterocycles. The lowest BCUT2D eigenvalue weighted by Gasteiger charge is -2.07. The second-order valence-electron chi connectivity index (χ2n) is 6.02. The molecule has 0 fully saturated rings. The summed E-state index contributed by atoms with van der Waals surface area (Å²) in [6.07, 6.45) is 0. The molecule has 0 unspecified atom stereocenters. The molecule has 9 nitrogen and oxygen atoms in total. The standard InChI is InChI=1S/C17H20ClN7O2.HI/c1-3-25-11-6-9(8-26)4-5-10(11)24(2)12(25)7-21-17(27)13-15(19)23-16(20)14(18)22-13;/h4-6,26H,3,7-8H2,1-2H3,(H4-,19,20,21,23,27);1H. The number of aryl methyl sites for hydroxylation is 2. The van der Waals surface area contributed by atoms with E-state index in [1.54, 1.807) is 0 Å². The van der Waals surface area contributed by atoms with Crippen LogP contribution in [-0.4, -0.2) is 25.5 Å². The Morgan fingerprint density at radius 1 is 1.32 bits per heavy atom. The Balaban J connectivity index is 0.00000280. The van der Waals surface area contributed by atoms with Gasteiger partial charge < -0.3 is 45.9 Å². The molecular weight excluding hydrogens is 497 g/mol. The molecule has 0 spiro atoms. The Hall–Kier alpha value is -2.18. The number of aliphatic hydroxyl groups excluding tert-OH is 1. The van der Waals surface area contributed by atoms with Gasteiger partial charge in [0.2, 0.25) is 0 Å². The van der Waals surface area contributed by atoms with Crippen LogP contribution < -0.4 is 45.3 Å². The molecule has 0 bridgehead atoms. The Labute approximate surface area is 183 Å². The summed E-state index contributed by atoms with van der Waals surface area (Å²) in [5.74, 6) is 0.278. The lowest BCUT2D eigenvalue weighted by Crippen LogP contribution is -3.00. The number of amides is 1. The Kier molecular flexibility index (Phi) is 7.01. The first-order chi connectivity index (χ1) is 12.9. The lowest BCUT2D eigenvalue weighted by molar-refractivity contribution is -0.654. The maximum atomic E-state index is 12.5. The molecule has 0 atom stereocenters. The van der Waals surface area contributed by atoms with Crippen LogP contribution in [0.25, 0.3) is 11.0 Å². The van der Waals surface area contributed by atoms with E-state index in [0.29, 0.717) is 6.54 Å². The Bertz CT molecular complexity index is 1040. The number of nitrogens with zero attached hydrogens (tertiary/aromatic N) is 4. The molecule has 11 heteroatoms. The van der Waals surface area contributed by atoms with Gasteiger partial charge in [-0.25, -0.2) is 19.1 Å². The van der Waals surface area contributed by atoms with Crippen LogP contribution in [0.2, 0.25) is 5.15 Å². The predicted octanol–water partition coefficient (Wildman–Crippen LogP) is -2.48. The van der Waals surface area contributed by atoms with Crippen molar-refractivity contribution in [1.82, 2.24) is 19.9 Å². The second-order valence-corrected chi connectivity index (χ2v) is 6.37. The lowest BCUT2D eigenvalue weighted by atomic mass is 10.2. The first-order valence-corrected chi connectivity index (χ1v) is 8.72. The van der Waals surface area contributed by atoms with Gasteiger partial charge in [0.25, 0.3) is 11.7 Å². The van der Waals surface area contributed by atoms with Crippen molar-refractivity contribution in [3.8, 4) is 0 Å². The molecule has 3 aromatic rings. The highest BCUT2D eigenvalue weighted by Crippen LogP contribution is 2.19. The van der Waals surface area contributed by atoms with Crippen molar-refractivity contribution in [2.24, 2.45) is 7.05 Å². The Morgan fingerprint density at radius 3 is 2.68 bits per heavy atom. The summed E-state index contributed by atoms with van der Waals surface area (Å²) in [5.41, 5.74) is 14.0. The fourth-order valence-electron chi connectivity index (χ4n) is 3.04. The summed E-state index contributed by atoms with van der Waals surface area (Å²) >= 11 is 5.84. The molecule has 0 radical (unpaired) electrons. The molecule has 6 N–H and O–H groups in total. The highest BCUT2D eigenvalue weighted by molar-refractivity contribution is 6.31. The number of aromatic nitrogens is 4. The number of nitrogen functional groups attached to an aromatic ring is 2. The summed E-state index contributed by atoms with van der Waals surface area (Å²) in [6, 6.07) is 5.76. The quantitative estimate of drug-likeness (QED) is 0.219. The van der Waals surface area contributed by atoms with E-state index in [2.05, 4.69) is 19.9 Å². The van der Waals surface area contributed by atoms with Gasteiger partial charge in [0.15, 0.2) is 33.5 Å². The minimum absolute atomic E-state index is 0. The Morgan fingerprint density at radius 2 is 2.04 bits per heavy atom. The molecule has 0 aliphatic heterocycles. The first kappa shape index (κ1) is 22.1. The number of aliphatic hydroxyl groups is 1. The topological polar surface area (TPSA) is 136 Å². The van der Waals surface area contributed by atoms with Crippen molar-refractivity contribution in [2.45, 2.75) is 26.6 Å². The number of imidazole rings is 1. The molecule has 150 valence electrons. The fraction of sp³-hybridized carbons (Fsp3) is 0.294. The van der Waals surface area contributed by atoms with E-state index >= 15 is 0 Å². The molecule has 3 rings (SSSR count). The summed E-state index contributed by atoms with van der Waals surface area (Å²) in [5, 5.41) is 12.1. The highest BCUT2D eigenvalue weighted by atomic mass is 127.